The van der Waals surface area contributed by atoms with Crippen LogP contribution in [0.4, 0.5) is 0 Å². The van der Waals surface area contributed by atoms with Gasteiger partial charge >= 0.3 is 0 Å². The molecule has 1 heterocycles. The third-order valence-corrected chi connectivity index (χ3v) is 10.9. The van der Waals surface area contributed by atoms with Crippen LogP contribution in [0.5, 0.6) is 0 Å². The van der Waals surface area contributed by atoms with E-state index in [1.807, 2.05) is 0 Å². The minimum absolute atomic E-state index is 1.02. The number of allylic oxidation sites excluding steroid dienone is 4. The van der Waals surface area contributed by atoms with Gasteiger partial charge in [-0.05, 0) is 114 Å². The predicted molar refractivity (Wildman–Crippen MR) is 226 cm³/mol. The minimum atomic E-state index is 1.02. The number of hydrogen-bond acceptors (Lipinski definition) is 1. The second-order valence-electron chi connectivity index (χ2n) is 13.7. The molecule has 244 valence electrons. The Morgan fingerprint density at radius 3 is 1.69 bits per heavy atom. The lowest BCUT2D eigenvalue weighted by Gasteiger charge is -2.19. The summed E-state index contributed by atoms with van der Waals surface area (Å²) in [5.74, 6) is 0. The van der Waals surface area contributed by atoms with Gasteiger partial charge in [0.05, 0.1) is 11.2 Å². The van der Waals surface area contributed by atoms with Crippen LogP contribution in [-0.4, -0.2) is 4.98 Å². The Kier molecular flexibility index (Phi) is 7.01. The summed E-state index contributed by atoms with van der Waals surface area (Å²) in [7, 11) is 0. The standard InChI is InChI=1S/C51H35N/c1-3-14-32(4-2)50-47-31-37-29-36(26-25-35(37)30-46(47)45-28-27-34-16-6-8-19-39(34)51(45)52-50)48-41-20-9-11-22-43(41)49(44-23-12-10-21-42(44)48)40-24-13-17-33-15-5-7-18-38(33)40/h3-31H,1-2H3/b14-3-,32-4+. The molecule has 0 amide bonds. The number of rotatable bonds is 4. The maximum absolute atomic E-state index is 5.43. The van der Waals surface area contributed by atoms with Crippen LogP contribution in [-0.2, 0) is 0 Å². The van der Waals surface area contributed by atoms with Crippen molar-refractivity contribution in [1.82, 2.24) is 4.98 Å². The molecule has 0 saturated heterocycles. The van der Waals surface area contributed by atoms with Gasteiger partial charge in [-0.3, -0.25) is 0 Å². The van der Waals surface area contributed by atoms with Crippen molar-refractivity contribution in [3.8, 4) is 22.3 Å². The van der Waals surface area contributed by atoms with Crippen molar-refractivity contribution >= 4 is 81.1 Å². The second kappa shape index (κ2) is 12.0. The number of nitrogens with zero attached hydrogens (tertiary/aromatic N) is 1. The van der Waals surface area contributed by atoms with Crippen LogP contribution >= 0.6 is 0 Å². The fourth-order valence-corrected chi connectivity index (χ4v) is 8.52. The van der Waals surface area contributed by atoms with Crippen LogP contribution < -0.4 is 0 Å². The van der Waals surface area contributed by atoms with E-state index in [0.29, 0.717) is 0 Å². The first-order valence-corrected chi connectivity index (χ1v) is 18.1. The average Bonchev–Trinajstić information content (AvgIpc) is 3.20. The zero-order valence-electron chi connectivity index (χ0n) is 29.2. The molecule has 0 aliphatic carbocycles. The van der Waals surface area contributed by atoms with Gasteiger partial charge in [-0.2, -0.15) is 0 Å². The minimum Gasteiger partial charge on any atom is -0.246 e. The molecular formula is C51H35N. The summed E-state index contributed by atoms with van der Waals surface area (Å²) >= 11 is 0. The molecule has 0 bridgehead atoms. The van der Waals surface area contributed by atoms with Gasteiger partial charge in [0.15, 0.2) is 0 Å². The lowest BCUT2D eigenvalue weighted by molar-refractivity contribution is 1.39. The van der Waals surface area contributed by atoms with Crippen LogP contribution in [0, 0.1) is 0 Å². The average molecular weight is 662 g/mol. The Bertz CT molecular complexity index is 3080. The normalized spacial score (nSPS) is 12.5. The zero-order chi connectivity index (χ0) is 34.8. The first kappa shape index (κ1) is 30.3. The second-order valence-corrected chi connectivity index (χ2v) is 13.7. The van der Waals surface area contributed by atoms with Gasteiger partial charge < -0.3 is 0 Å². The highest BCUT2D eigenvalue weighted by Gasteiger charge is 2.19. The molecule has 0 aliphatic rings. The SMILES string of the molecule is C/C=C\C(=C/C)c1nc2c3ccccc3ccc2c2cc3ccc(-c4c5ccccc5c(-c5cccc6ccccc56)c5ccccc45)cc3cc12. The largest absolute Gasteiger partial charge is 0.246 e. The first-order chi connectivity index (χ1) is 25.7. The summed E-state index contributed by atoms with van der Waals surface area (Å²) in [4.78, 5) is 5.43. The van der Waals surface area contributed by atoms with E-state index in [4.69, 9.17) is 4.98 Å². The highest BCUT2D eigenvalue weighted by atomic mass is 14.7. The fourth-order valence-electron chi connectivity index (χ4n) is 8.52. The van der Waals surface area contributed by atoms with Crippen LogP contribution in [0.2, 0.25) is 0 Å². The monoisotopic (exact) mass is 661 g/mol. The van der Waals surface area contributed by atoms with Gasteiger partial charge in [-0.1, -0.05) is 158 Å². The Hall–Kier alpha value is -6.57. The van der Waals surface area contributed by atoms with Gasteiger partial charge in [0.25, 0.3) is 0 Å². The Balaban J connectivity index is 1.27. The number of benzene rings is 9. The van der Waals surface area contributed by atoms with E-state index < -0.39 is 0 Å². The topological polar surface area (TPSA) is 12.9 Å². The maximum Gasteiger partial charge on any atom is 0.0794 e. The molecule has 52 heavy (non-hydrogen) atoms. The van der Waals surface area contributed by atoms with Crippen molar-refractivity contribution in [3.63, 3.8) is 0 Å². The molecule has 0 saturated carbocycles. The highest BCUT2D eigenvalue weighted by Crippen LogP contribution is 2.46. The molecule has 0 spiro atoms. The smallest absolute Gasteiger partial charge is 0.0794 e. The molecule has 0 atom stereocenters. The maximum atomic E-state index is 5.43. The van der Waals surface area contributed by atoms with Gasteiger partial charge in [0.1, 0.15) is 0 Å². The third-order valence-electron chi connectivity index (χ3n) is 10.9. The molecule has 1 heteroatoms. The highest BCUT2D eigenvalue weighted by molar-refractivity contribution is 6.24. The quantitative estimate of drug-likeness (QED) is 0.104. The van der Waals surface area contributed by atoms with Crippen molar-refractivity contribution in [1.29, 1.82) is 0 Å². The number of fused-ring (bicyclic) bond motifs is 9. The number of aromatic nitrogens is 1. The van der Waals surface area contributed by atoms with Gasteiger partial charge in [0, 0.05) is 16.2 Å². The van der Waals surface area contributed by atoms with Crippen molar-refractivity contribution in [2.24, 2.45) is 0 Å². The van der Waals surface area contributed by atoms with Crippen LogP contribution in [0.15, 0.2) is 176 Å². The van der Waals surface area contributed by atoms with Crippen molar-refractivity contribution in [2.45, 2.75) is 13.8 Å². The summed E-state index contributed by atoms with van der Waals surface area (Å²) in [6.07, 6.45) is 6.46. The summed E-state index contributed by atoms with van der Waals surface area (Å²) in [5, 5.41) is 16.0. The summed E-state index contributed by atoms with van der Waals surface area (Å²) in [6, 6.07) is 58.1. The number of pyridine rings is 1. The molecule has 0 aliphatic heterocycles. The van der Waals surface area contributed by atoms with E-state index in [-0.39, 0.29) is 0 Å². The molecule has 1 nitrogen and oxygen atoms in total. The molecule has 0 N–H and O–H groups in total. The van der Waals surface area contributed by atoms with E-state index in [2.05, 4.69) is 190 Å². The van der Waals surface area contributed by atoms with Gasteiger partial charge in [-0.15, -0.1) is 0 Å². The molecule has 10 rings (SSSR count). The van der Waals surface area contributed by atoms with Gasteiger partial charge in [-0.25, -0.2) is 4.98 Å². The molecule has 10 aromatic rings. The molecule has 0 radical (unpaired) electrons. The molecule has 9 aromatic carbocycles. The summed E-state index contributed by atoms with van der Waals surface area (Å²) < 4.78 is 0. The molecule has 0 unspecified atom stereocenters. The third kappa shape index (κ3) is 4.60. The lowest BCUT2D eigenvalue weighted by Crippen LogP contribution is -1.94. The van der Waals surface area contributed by atoms with Crippen molar-refractivity contribution < 1.29 is 0 Å². The Morgan fingerprint density at radius 1 is 0.423 bits per heavy atom. The zero-order valence-corrected chi connectivity index (χ0v) is 29.2. The van der Waals surface area contributed by atoms with Crippen molar-refractivity contribution in [3.05, 3.63) is 182 Å². The molecule has 1 aromatic heterocycles. The van der Waals surface area contributed by atoms with E-state index in [9.17, 15) is 0 Å². The molecule has 0 fully saturated rings. The first-order valence-electron chi connectivity index (χ1n) is 18.1. The van der Waals surface area contributed by atoms with E-state index >= 15 is 0 Å². The summed E-state index contributed by atoms with van der Waals surface area (Å²) in [6.45, 7) is 4.18. The van der Waals surface area contributed by atoms with E-state index in [0.717, 1.165) is 16.8 Å². The van der Waals surface area contributed by atoms with E-state index in [1.165, 1.54) is 92.3 Å². The Labute approximate surface area is 302 Å². The van der Waals surface area contributed by atoms with Crippen LogP contribution in [0.25, 0.3) is 103 Å². The fraction of sp³-hybridized carbons (Fsp3) is 0.0392. The van der Waals surface area contributed by atoms with Crippen molar-refractivity contribution in [2.75, 3.05) is 0 Å². The molecular weight excluding hydrogens is 627 g/mol. The Morgan fingerprint density at radius 2 is 1.00 bits per heavy atom. The van der Waals surface area contributed by atoms with Crippen LogP contribution in [0.1, 0.15) is 19.5 Å². The lowest BCUT2D eigenvalue weighted by atomic mass is 9.84. The summed E-state index contributed by atoms with van der Waals surface area (Å²) in [5.41, 5.74) is 8.22. The van der Waals surface area contributed by atoms with Crippen LogP contribution in [0.3, 0.4) is 0 Å². The van der Waals surface area contributed by atoms with Gasteiger partial charge in [0.2, 0.25) is 0 Å². The predicted octanol–water partition coefficient (Wildman–Crippen LogP) is 14.5. The van der Waals surface area contributed by atoms with E-state index in [1.54, 1.807) is 0 Å². The number of hydrogen-bond donors (Lipinski definition) is 0.